The summed E-state index contributed by atoms with van der Waals surface area (Å²) in [5.74, 6) is 0. The highest BCUT2D eigenvalue weighted by Crippen LogP contribution is 2.27. The van der Waals surface area contributed by atoms with Crippen molar-refractivity contribution < 1.29 is 0 Å². The van der Waals surface area contributed by atoms with Crippen LogP contribution in [0.15, 0.2) is 42.5 Å². The fraction of sp³-hybridized carbons (Fsp3) is 0.250. The maximum absolute atomic E-state index is 6.07. The maximum Gasteiger partial charge on any atom is 0.0511 e. The van der Waals surface area contributed by atoms with Gasteiger partial charge in [0.05, 0.1) is 6.04 Å². The summed E-state index contributed by atoms with van der Waals surface area (Å²) in [6.45, 7) is 4.32. The number of halogens is 2. The van der Waals surface area contributed by atoms with E-state index < -0.39 is 0 Å². The van der Waals surface area contributed by atoms with Crippen LogP contribution in [0.5, 0.6) is 0 Å². The zero-order chi connectivity index (χ0) is 13.8. The van der Waals surface area contributed by atoms with E-state index in [1.165, 1.54) is 20.4 Å². The van der Waals surface area contributed by atoms with Crippen LogP contribution in [0.3, 0.4) is 0 Å². The van der Waals surface area contributed by atoms with Crippen molar-refractivity contribution in [2.24, 2.45) is 0 Å². The number of nitrogens with one attached hydrogen (secondary N) is 1. The number of hydrogen-bond donors (Lipinski definition) is 1. The van der Waals surface area contributed by atoms with E-state index in [1.54, 1.807) is 0 Å². The number of hydrogen-bond acceptors (Lipinski definition) is 1. The molecule has 0 saturated carbocycles. The molecule has 0 radical (unpaired) electrons. The number of rotatable bonds is 4. The molecule has 0 amide bonds. The molecule has 1 atom stereocenters. The summed E-state index contributed by atoms with van der Waals surface area (Å²) in [5, 5.41) is 4.39. The third-order valence-corrected chi connectivity index (χ3v) is 4.08. The first-order valence-corrected chi connectivity index (χ1v) is 7.84. The predicted molar refractivity (Wildman–Crippen MR) is 92.0 cm³/mol. The van der Waals surface area contributed by atoms with Gasteiger partial charge in [-0.3, -0.25) is 0 Å². The first kappa shape index (κ1) is 14.7. The van der Waals surface area contributed by atoms with Crippen LogP contribution in [-0.4, -0.2) is 0 Å². The molecule has 1 N–H and O–H groups in total. The molecule has 100 valence electrons. The average molecular weight is 386 g/mol. The zero-order valence-corrected chi connectivity index (χ0v) is 14.0. The first-order chi connectivity index (χ1) is 9.10. The Morgan fingerprint density at radius 3 is 2.63 bits per heavy atom. The Morgan fingerprint density at radius 2 is 2.00 bits per heavy atom. The molecule has 0 saturated heterocycles. The van der Waals surface area contributed by atoms with Crippen LogP contribution in [0.2, 0.25) is 5.02 Å². The molecule has 3 heteroatoms. The van der Waals surface area contributed by atoms with E-state index in [2.05, 4.69) is 66.0 Å². The number of benzene rings is 2. The Labute approximate surface area is 133 Å². The lowest BCUT2D eigenvalue weighted by atomic mass is 10.0. The quantitative estimate of drug-likeness (QED) is 0.654. The van der Waals surface area contributed by atoms with E-state index >= 15 is 0 Å². The zero-order valence-electron chi connectivity index (χ0n) is 11.1. The molecule has 1 nitrogen and oxygen atoms in total. The van der Waals surface area contributed by atoms with Gasteiger partial charge in [-0.1, -0.05) is 30.7 Å². The molecule has 0 heterocycles. The van der Waals surface area contributed by atoms with Crippen LogP contribution >= 0.6 is 34.2 Å². The van der Waals surface area contributed by atoms with Crippen LogP contribution < -0.4 is 5.32 Å². The van der Waals surface area contributed by atoms with Crippen molar-refractivity contribution in [1.82, 2.24) is 0 Å². The third kappa shape index (κ3) is 3.86. The van der Waals surface area contributed by atoms with E-state index in [9.17, 15) is 0 Å². The lowest BCUT2D eigenvalue weighted by Gasteiger charge is -2.20. The molecule has 0 spiro atoms. The Morgan fingerprint density at radius 1 is 1.21 bits per heavy atom. The topological polar surface area (TPSA) is 12.0 Å². The minimum absolute atomic E-state index is 0.289. The summed E-state index contributed by atoms with van der Waals surface area (Å²) < 4.78 is 1.26. The van der Waals surface area contributed by atoms with Gasteiger partial charge >= 0.3 is 0 Å². The number of aryl methyl sites for hydroxylation is 1. The van der Waals surface area contributed by atoms with Crippen molar-refractivity contribution in [3.8, 4) is 0 Å². The molecule has 2 rings (SSSR count). The summed E-state index contributed by atoms with van der Waals surface area (Å²) >= 11 is 8.41. The summed E-state index contributed by atoms with van der Waals surface area (Å²) in [7, 11) is 0. The van der Waals surface area contributed by atoms with E-state index in [0.717, 1.165) is 11.4 Å². The monoisotopic (exact) mass is 385 g/mol. The number of anilines is 1. The molecule has 0 fully saturated rings. The largest absolute Gasteiger partial charge is 0.378 e. The van der Waals surface area contributed by atoms with Gasteiger partial charge in [-0.2, -0.15) is 0 Å². The smallest absolute Gasteiger partial charge is 0.0511 e. The molecule has 0 bridgehead atoms. The molecule has 19 heavy (non-hydrogen) atoms. The van der Waals surface area contributed by atoms with Gasteiger partial charge in [-0.25, -0.2) is 0 Å². The van der Waals surface area contributed by atoms with Gasteiger partial charge in [-0.15, -0.1) is 0 Å². The lowest BCUT2D eigenvalue weighted by molar-refractivity contribution is 0.748. The Kier molecular flexibility index (Phi) is 5.11. The van der Waals surface area contributed by atoms with E-state index in [0.29, 0.717) is 0 Å². The van der Waals surface area contributed by atoms with Crippen LogP contribution in [0, 0.1) is 10.5 Å². The molecule has 0 aromatic heterocycles. The molecule has 0 aliphatic rings. The third-order valence-electron chi connectivity index (χ3n) is 3.18. The van der Waals surface area contributed by atoms with Crippen LogP contribution in [0.4, 0.5) is 5.69 Å². The summed E-state index contributed by atoms with van der Waals surface area (Å²) in [5.41, 5.74) is 3.69. The van der Waals surface area contributed by atoms with Crippen LogP contribution in [-0.2, 0) is 0 Å². The second-order valence-corrected chi connectivity index (χ2v) is 6.30. The minimum atomic E-state index is 0.289. The van der Waals surface area contributed by atoms with E-state index in [4.69, 9.17) is 11.6 Å². The van der Waals surface area contributed by atoms with Gasteiger partial charge in [-0.05, 0) is 77.4 Å². The van der Waals surface area contributed by atoms with Crippen molar-refractivity contribution >= 4 is 39.9 Å². The summed E-state index contributed by atoms with van der Waals surface area (Å²) in [6, 6.07) is 14.8. The lowest BCUT2D eigenvalue weighted by Crippen LogP contribution is -2.10. The predicted octanol–water partition coefficient (Wildman–Crippen LogP) is 5.82. The second kappa shape index (κ2) is 6.62. The second-order valence-electron chi connectivity index (χ2n) is 4.62. The molecule has 1 unspecified atom stereocenters. The van der Waals surface area contributed by atoms with Gasteiger partial charge in [0.25, 0.3) is 0 Å². The molecular weight excluding hydrogens is 369 g/mol. The van der Waals surface area contributed by atoms with Gasteiger partial charge in [0.2, 0.25) is 0 Å². The van der Waals surface area contributed by atoms with Crippen molar-refractivity contribution in [3.63, 3.8) is 0 Å². The minimum Gasteiger partial charge on any atom is -0.378 e. The van der Waals surface area contributed by atoms with Gasteiger partial charge < -0.3 is 5.32 Å². The molecule has 2 aromatic carbocycles. The van der Waals surface area contributed by atoms with Gasteiger partial charge in [0.15, 0.2) is 0 Å². The summed E-state index contributed by atoms with van der Waals surface area (Å²) in [6.07, 6.45) is 1.02. The molecule has 0 aliphatic heterocycles. The van der Waals surface area contributed by atoms with Crippen LogP contribution in [0.25, 0.3) is 0 Å². The summed E-state index contributed by atoms with van der Waals surface area (Å²) in [4.78, 5) is 0. The Hall–Kier alpha value is -0.740. The maximum atomic E-state index is 6.07. The molecule has 2 aromatic rings. The van der Waals surface area contributed by atoms with Crippen molar-refractivity contribution in [2.45, 2.75) is 26.3 Å². The van der Waals surface area contributed by atoms with E-state index in [-0.39, 0.29) is 6.04 Å². The van der Waals surface area contributed by atoms with Gasteiger partial charge in [0, 0.05) is 14.3 Å². The SMILES string of the molecule is CCC(Nc1ccc(I)cc1C)c1cccc(Cl)c1. The molecule has 0 aliphatic carbocycles. The van der Waals surface area contributed by atoms with Crippen molar-refractivity contribution in [3.05, 3.63) is 62.2 Å². The average Bonchev–Trinajstić information content (AvgIpc) is 2.38. The van der Waals surface area contributed by atoms with E-state index in [1.807, 2.05) is 18.2 Å². The highest BCUT2D eigenvalue weighted by molar-refractivity contribution is 14.1. The Balaban J connectivity index is 2.24. The molecular formula is C16H17ClIN. The van der Waals surface area contributed by atoms with Gasteiger partial charge in [0.1, 0.15) is 0 Å². The first-order valence-electron chi connectivity index (χ1n) is 6.38. The Bertz CT molecular complexity index is 568. The fourth-order valence-electron chi connectivity index (χ4n) is 2.12. The highest BCUT2D eigenvalue weighted by Gasteiger charge is 2.10. The van der Waals surface area contributed by atoms with Crippen LogP contribution in [0.1, 0.15) is 30.5 Å². The highest BCUT2D eigenvalue weighted by atomic mass is 127. The van der Waals surface area contributed by atoms with Crippen molar-refractivity contribution in [1.29, 1.82) is 0 Å². The standard InChI is InChI=1S/C16H17ClIN/c1-3-15(12-5-4-6-13(17)10-12)19-16-8-7-14(18)9-11(16)2/h4-10,15,19H,3H2,1-2H3. The van der Waals surface area contributed by atoms with Crippen molar-refractivity contribution in [2.75, 3.05) is 5.32 Å². The normalized spacial score (nSPS) is 12.2. The fourth-order valence-corrected chi connectivity index (χ4v) is 2.97.